The van der Waals surface area contributed by atoms with Crippen molar-refractivity contribution in [1.29, 1.82) is 0 Å². The molecule has 0 aliphatic carbocycles. The smallest absolute Gasteiger partial charge is 0.295 e. The molecule has 2 heterocycles. The molecule has 2 aromatic rings. The third-order valence-corrected chi connectivity index (χ3v) is 7.48. The molecule has 1 saturated heterocycles. The minimum Gasteiger partial charge on any atom is -0.507 e. The summed E-state index contributed by atoms with van der Waals surface area (Å²) >= 11 is 0. The van der Waals surface area contributed by atoms with E-state index in [1.807, 2.05) is 13.0 Å². The molecule has 2 aliphatic heterocycles. The van der Waals surface area contributed by atoms with Gasteiger partial charge in [-0.1, -0.05) is 13.8 Å². The molecule has 0 radical (unpaired) electrons. The summed E-state index contributed by atoms with van der Waals surface area (Å²) in [5, 5.41) is 11.5. The van der Waals surface area contributed by atoms with Crippen LogP contribution in [0.5, 0.6) is 23.0 Å². The fraction of sp³-hybridized carbons (Fsp3) is 0.467. The number of carbonyl (C=O) groups is 2. The molecular formula is C30H38N2O7. The van der Waals surface area contributed by atoms with Crippen molar-refractivity contribution in [2.24, 2.45) is 0 Å². The average molecular weight is 539 g/mol. The van der Waals surface area contributed by atoms with Crippen LogP contribution < -0.4 is 18.9 Å². The van der Waals surface area contributed by atoms with Crippen LogP contribution in [0, 0.1) is 0 Å². The highest BCUT2D eigenvalue weighted by Gasteiger charge is 2.46. The summed E-state index contributed by atoms with van der Waals surface area (Å²) in [6, 6.07) is 7.95. The van der Waals surface area contributed by atoms with Gasteiger partial charge in [-0.25, -0.2) is 0 Å². The summed E-state index contributed by atoms with van der Waals surface area (Å²) < 4.78 is 22.4. The molecule has 1 amide bonds. The van der Waals surface area contributed by atoms with Crippen molar-refractivity contribution in [2.45, 2.75) is 45.8 Å². The minimum atomic E-state index is -0.834. The largest absolute Gasteiger partial charge is 0.507 e. The van der Waals surface area contributed by atoms with E-state index in [9.17, 15) is 14.7 Å². The number of nitrogens with zero attached hydrogens (tertiary/aromatic N) is 2. The Bertz CT molecular complexity index is 1240. The summed E-state index contributed by atoms with van der Waals surface area (Å²) in [5.74, 6) is 0.355. The first-order valence-electron chi connectivity index (χ1n) is 13.4. The lowest BCUT2D eigenvalue weighted by Gasteiger charge is -2.27. The van der Waals surface area contributed by atoms with Crippen LogP contribution in [-0.2, 0) is 16.0 Å². The molecule has 2 atom stereocenters. The predicted molar refractivity (Wildman–Crippen MR) is 148 cm³/mol. The van der Waals surface area contributed by atoms with Gasteiger partial charge in [0, 0.05) is 18.5 Å². The zero-order valence-electron chi connectivity index (χ0n) is 23.6. The maximum Gasteiger partial charge on any atom is 0.295 e. The number of methoxy groups -OCH3 is 3. The Kier molecular flexibility index (Phi) is 8.70. The number of rotatable bonds is 11. The van der Waals surface area contributed by atoms with E-state index in [0.29, 0.717) is 47.8 Å². The van der Waals surface area contributed by atoms with Crippen LogP contribution in [0.15, 0.2) is 35.9 Å². The molecular weight excluding hydrogens is 500 g/mol. The Labute approximate surface area is 229 Å². The molecule has 1 N–H and O–H groups in total. The van der Waals surface area contributed by atoms with Gasteiger partial charge in [-0.3, -0.25) is 9.59 Å². The normalized spacial score (nSPS) is 19.8. The molecule has 9 nitrogen and oxygen atoms in total. The lowest BCUT2D eigenvalue weighted by molar-refractivity contribution is -0.140. The molecule has 9 heteroatoms. The first-order chi connectivity index (χ1) is 18.8. The Morgan fingerprint density at radius 2 is 1.72 bits per heavy atom. The van der Waals surface area contributed by atoms with Gasteiger partial charge < -0.3 is 33.9 Å². The molecule has 0 saturated carbocycles. The maximum atomic E-state index is 13.5. The molecule has 2 aliphatic rings. The standard InChI is InChI=1S/C30H38N2O7/c1-7-31(8-2)12-9-13-32-26(21-16-23(36-4)29(38-6)24(17-21)37-5)25(28(34)30(32)35)27(33)19-10-11-22-20(15-19)14-18(3)39-22/h10-11,15-18,26,33H,7-9,12-14H2,1-6H3/b27-25+/t18-,26+/m0/s1. The van der Waals surface area contributed by atoms with Crippen molar-refractivity contribution in [3.8, 4) is 23.0 Å². The van der Waals surface area contributed by atoms with Gasteiger partial charge in [0.25, 0.3) is 11.7 Å². The lowest BCUT2D eigenvalue weighted by Crippen LogP contribution is -2.33. The Balaban J connectivity index is 1.83. The molecule has 39 heavy (non-hydrogen) atoms. The number of aliphatic hydroxyl groups is 1. The number of benzene rings is 2. The van der Waals surface area contributed by atoms with E-state index in [1.165, 1.54) is 26.2 Å². The van der Waals surface area contributed by atoms with Crippen LogP contribution in [0.4, 0.5) is 0 Å². The van der Waals surface area contributed by atoms with Crippen molar-refractivity contribution in [1.82, 2.24) is 9.80 Å². The summed E-state index contributed by atoms with van der Waals surface area (Å²) in [5.41, 5.74) is 2.02. The van der Waals surface area contributed by atoms with Crippen LogP contribution in [-0.4, -0.2) is 80.2 Å². The van der Waals surface area contributed by atoms with Gasteiger partial charge in [0.05, 0.1) is 32.9 Å². The number of likely N-dealkylation sites (tertiary alicyclic amines) is 1. The average Bonchev–Trinajstić information content (AvgIpc) is 3.44. The van der Waals surface area contributed by atoms with E-state index in [4.69, 9.17) is 18.9 Å². The van der Waals surface area contributed by atoms with Gasteiger partial charge in [-0.05, 0) is 74.4 Å². The van der Waals surface area contributed by atoms with E-state index in [2.05, 4.69) is 18.7 Å². The van der Waals surface area contributed by atoms with E-state index < -0.39 is 17.7 Å². The van der Waals surface area contributed by atoms with E-state index in [1.54, 1.807) is 24.3 Å². The second kappa shape index (κ2) is 12.0. The van der Waals surface area contributed by atoms with Gasteiger partial charge in [0.1, 0.15) is 17.6 Å². The summed E-state index contributed by atoms with van der Waals surface area (Å²) in [7, 11) is 4.53. The van der Waals surface area contributed by atoms with Crippen molar-refractivity contribution >= 4 is 17.4 Å². The summed E-state index contributed by atoms with van der Waals surface area (Å²) in [6.45, 7) is 9.07. The molecule has 4 rings (SSSR count). The van der Waals surface area contributed by atoms with Gasteiger partial charge in [0.2, 0.25) is 5.75 Å². The summed E-state index contributed by atoms with van der Waals surface area (Å²) in [6.07, 6.45) is 1.41. The summed E-state index contributed by atoms with van der Waals surface area (Å²) in [4.78, 5) is 30.7. The van der Waals surface area contributed by atoms with Crippen LogP contribution in [0.2, 0.25) is 0 Å². The van der Waals surface area contributed by atoms with Crippen molar-refractivity contribution < 1.29 is 33.6 Å². The maximum absolute atomic E-state index is 13.5. The molecule has 210 valence electrons. The second-order valence-electron chi connectivity index (χ2n) is 9.79. The zero-order valence-corrected chi connectivity index (χ0v) is 23.6. The van der Waals surface area contributed by atoms with Gasteiger partial charge in [-0.2, -0.15) is 0 Å². The van der Waals surface area contributed by atoms with Crippen LogP contribution in [0.25, 0.3) is 5.76 Å². The monoisotopic (exact) mass is 538 g/mol. The van der Waals surface area contributed by atoms with E-state index in [-0.39, 0.29) is 17.4 Å². The molecule has 2 aromatic carbocycles. The van der Waals surface area contributed by atoms with E-state index in [0.717, 1.165) is 30.9 Å². The fourth-order valence-electron chi connectivity index (χ4n) is 5.45. The minimum absolute atomic E-state index is 0.0315. The zero-order chi connectivity index (χ0) is 28.3. The number of aliphatic hydroxyl groups excluding tert-OH is 1. The molecule has 0 unspecified atom stereocenters. The van der Waals surface area contributed by atoms with Gasteiger partial charge in [0.15, 0.2) is 11.5 Å². The number of ether oxygens (including phenoxy) is 4. The Hall–Kier alpha value is -3.72. The molecule has 0 spiro atoms. The Morgan fingerprint density at radius 3 is 2.31 bits per heavy atom. The number of ketones is 1. The highest BCUT2D eigenvalue weighted by Crippen LogP contribution is 2.46. The SMILES string of the molecule is CCN(CC)CCCN1C(=O)C(=O)/C(=C(/O)c2ccc3c(c2)C[C@H](C)O3)[C@H]1c1cc(OC)c(OC)c(OC)c1. The fourth-order valence-corrected chi connectivity index (χ4v) is 5.45. The highest BCUT2D eigenvalue weighted by molar-refractivity contribution is 6.46. The predicted octanol–water partition coefficient (Wildman–Crippen LogP) is 4.19. The van der Waals surface area contributed by atoms with Crippen LogP contribution >= 0.6 is 0 Å². The number of amides is 1. The molecule has 0 bridgehead atoms. The highest BCUT2D eigenvalue weighted by atomic mass is 16.5. The van der Waals surface area contributed by atoms with Crippen LogP contribution in [0.1, 0.15) is 49.9 Å². The number of hydrogen-bond acceptors (Lipinski definition) is 8. The van der Waals surface area contributed by atoms with Crippen molar-refractivity contribution in [3.05, 3.63) is 52.6 Å². The quantitative estimate of drug-likeness (QED) is 0.258. The first-order valence-corrected chi connectivity index (χ1v) is 13.4. The van der Waals surface area contributed by atoms with Crippen molar-refractivity contribution in [2.75, 3.05) is 47.5 Å². The van der Waals surface area contributed by atoms with Crippen LogP contribution in [0.3, 0.4) is 0 Å². The van der Waals surface area contributed by atoms with E-state index >= 15 is 0 Å². The molecule has 0 aromatic heterocycles. The van der Waals surface area contributed by atoms with Gasteiger partial charge in [-0.15, -0.1) is 0 Å². The van der Waals surface area contributed by atoms with Gasteiger partial charge >= 0.3 is 0 Å². The number of hydrogen-bond donors (Lipinski definition) is 1. The molecule has 1 fully saturated rings. The number of carbonyl (C=O) groups excluding carboxylic acids is 2. The Morgan fingerprint density at radius 1 is 1.05 bits per heavy atom. The lowest BCUT2D eigenvalue weighted by atomic mass is 9.94. The first kappa shape index (κ1) is 28.3. The topological polar surface area (TPSA) is 97.8 Å². The van der Waals surface area contributed by atoms with Crippen molar-refractivity contribution in [3.63, 3.8) is 0 Å². The number of fused-ring (bicyclic) bond motifs is 1. The number of Topliss-reactive ketones (excluding diaryl/α,β-unsaturated/α-hetero) is 1. The third kappa shape index (κ3) is 5.41. The second-order valence-corrected chi connectivity index (χ2v) is 9.79. The third-order valence-electron chi connectivity index (χ3n) is 7.48.